The molecule has 3 nitrogen and oxygen atoms in total. The molecule has 0 saturated carbocycles. The lowest BCUT2D eigenvalue weighted by atomic mass is 10.1. The second kappa shape index (κ2) is 4.64. The van der Waals surface area contributed by atoms with Gasteiger partial charge >= 0.3 is 6.18 Å². The van der Waals surface area contributed by atoms with Gasteiger partial charge in [-0.05, 0) is 30.3 Å². The van der Waals surface area contributed by atoms with Crippen molar-refractivity contribution in [3.05, 3.63) is 47.9 Å². The van der Waals surface area contributed by atoms with Crippen LogP contribution in [0, 0.1) is 0 Å². The normalized spacial score (nSPS) is 11.5. The summed E-state index contributed by atoms with van der Waals surface area (Å²) in [6.45, 7) is -0.0694. The Bertz CT molecular complexity index is 521. The maximum Gasteiger partial charge on any atom is 0.420 e. The quantitative estimate of drug-likeness (QED) is 0.856. The van der Waals surface area contributed by atoms with Crippen LogP contribution in [0.3, 0.4) is 0 Å². The van der Waals surface area contributed by atoms with E-state index in [1.165, 1.54) is 18.4 Å². The minimum Gasteiger partial charge on any atom is -0.485 e. The topological polar surface area (TPSA) is 48.4 Å². The summed E-state index contributed by atoms with van der Waals surface area (Å²) in [5, 5.41) is 0. The molecule has 1 aromatic carbocycles. The molecular formula is C12H10F3NO2. The van der Waals surface area contributed by atoms with Gasteiger partial charge in [-0.15, -0.1) is 0 Å². The van der Waals surface area contributed by atoms with E-state index < -0.39 is 11.7 Å². The lowest BCUT2D eigenvalue weighted by Gasteiger charge is -2.13. The Labute approximate surface area is 101 Å². The van der Waals surface area contributed by atoms with Crippen molar-refractivity contribution in [2.75, 3.05) is 5.73 Å². The smallest absolute Gasteiger partial charge is 0.420 e. The fraction of sp³-hybridized carbons (Fsp3) is 0.167. The lowest BCUT2D eigenvalue weighted by molar-refractivity contribution is -0.139. The molecule has 0 unspecified atom stereocenters. The zero-order chi connectivity index (χ0) is 13.2. The molecule has 0 bridgehead atoms. The summed E-state index contributed by atoms with van der Waals surface area (Å²) in [5.41, 5.74) is 4.48. The van der Waals surface area contributed by atoms with Crippen molar-refractivity contribution in [1.29, 1.82) is 0 Å². The number of hydrogen-bond donors (Lipinski definition) is 1. The van der Waals surface area contributed by atoms with Crippen LogP contribution in [0.5, 0.6) is 5.75 Å². The molecule has 0 atom stereocenters. The van der Waals surface area contributed by atoms with Gasteiger partial charge in [0, 0.05) is 5.69 Å². The Morgan fingerprint density at radius 2 is 2.00 bits per heavy atom. The number of rotatable bonds is 3. The standard InChI is InChI=1S/C12H10F3NO2/c13-12(14,15)10-6-8(16)3-4-11(10)18-7-9-2-1-5-17-9/h1-6H,7,16H2. The molecule has 0 aliphatic heterocycles. The van der Waals surface area contributed by atoms with E-state index in [9.17, 15) is 13.2 Å². The van der Waals surface area contributed by atoms with Crippen molar-refractivity contribution in [1.82, 2.24) is 0 Å². The lowest BCUT2D eigenvalue weighted by Crippen LogP contribution is -2.09. The van der Waals surface area contributed by atoms with Crippen molar-refractivity contribution in [2.45, 2.75) is 12.8 Å². The van der Waals surface area contributed by atoms with Crippen molar-refractivity contribution in [3.63, 3.8) is 0 Å². The van der Waals surface area contributed by atoms with Gasteiger partial charge in [0.15, 0.2) is 0 Å². The highest BCUT2D eigenvalue weighted by Gasteiger charge is 2.34. The molecule has 2 N–H and O–H groups in total. The minimum atomic E-state index is -4.51. The molecule has 0 fully saturated rings. The summed E-state index contributed by atoms with van der Waals surface area (Å²) >= 11 is 0. The van der Waals surface area contributed by atoms with E-state index in [4.69, 9.17) is 14.9 Å². The zero-order valence-corrected chi connectivity index (χ0v) is 9.20. The molecular weight excluding hydrogens is 247 g/mol. The van der Waals surface area contributed by atoms with E-state index in [1.54, 1.807) is 12.1 Å². The van der Waals surface area contributed by atoms with Crippen LogP contribution in [0.2, 0.25) is 0 Å². The summed E-state index contributed by atoms with van der Waals surface area (Å²) in [5.74, 6) is 0.174. The van der Waals surface area contributed by atoms with Crippen LogP contribution < -0.4 is 10.5 Å². The molecule has 2 rings (SSSR count). The molecule has 0 radical (unpaired) electrons. The summed E-state index contributed by atoms with van der Waals surface area (Å²) in [7, 11) is 0. The largest absolute Gasteiger partial charge is 0.485 e. The molecule has 0 amide bonds. The molecule has 0 aliphatic carbocycles. The first-order valence-electron chi connectivity index (χ1n) is 5.09. The van der Waals surface area contributed by atoms with Gasteiger partial charge < -0.3 is 14.9 Å². The van der Waals surface area contributed by atoms with Crippen LogP contribution in [0.4, 0.5) is 18.9 Å². The Balaban J connectivity index is 2.22. The van der Waals surface area contributed by atoms with Gasteiger partial charge in [-0.25, -0.2) is 0 Å². The fourth-order valence-electron chi connectivity index (χ4n) is 1.44. The van der Waals surface area contributed by atoms with E-state index in [0.717, 1.165) is 6.07 Å². The maximum atomic E-state index is 12.7. The first kappa shape index (κ1) is 12.3. The van der Waals surface area contributed by atoms with Gasteiger partial charge in [0.25, 0.3) is 0 Å². The van der Waals surface area contributed by atoms with Crippen molar-refractivity contribution in [2.24, 2.45) is 0 Å². The average Bonchev–Trinajstić information content (AvgIpc) is 2.79. The van der Waals surface area contributed by atoms with Crippen LogP contribution in [-0.4, -0.2) is 0 Å². The molecule has 2 aromatic rings. The van der Waals surface area contributed by atoms with E-state index in [2.05, 4.69) is 0 Å². The average molecular weight is 257 g/mol. The third-order valence-corrected chi connectivity index (χ3v) is 2.26. The zero-order valence-electron chi connectivity index (χ0n) is 9.20. The van der Waals surface area contributed by atoms with Gasteiger partial charge in [0.05, 0.1) is 11.8 Å². The number of anilines is 1. The number of ether oxygens (including phenoxy) is 1. The number of nitrogen functional groups attached to an aromatic ring is 1. The van der Waals surface area contributed by atoms with Crippen LogP contribution in [0.25, 0.3) is 0 Å². The second-order valence-electron chi connectivity index (χ2n) is 3.62. The van der Waals surface area contributed by atoms with Crippen molar-refractivity contribution >= 4 is 5.69 Å². The third kappa shape index (κ3) is 2.77. The molecule has 18 heavy (non-hydrogen) atoms. The predicted octanol–water partition coefficient (Wildman–Crippen LogP) is 3.46. The first-order chi connectivity index (χ1) is 8.47. The minimum absolute atomic E-state index is 0.0349. The van der Waals surface area contributed by atoms with Crippen LogP contribution in [-0.2, 0) is 12.8 Å². The number of nitrogens with two attached hydrogens (primary N) is 1. The Morgan fingerprint density at radius 1 is 1.22 bits per heavy atom. The van der Waals surface area contributed by atoms with Gasteiger partial charge in [0.1, 0.15) is 18.1 Å². The summed E-state index contributed by atoms with van der Waals surface area (Å²) in [6.07, 6.45) is -3.08. The van der Waals surface area contributed by atoms with E-state index in [1.807, 2.05) is 0 Å². The maximum absolute atomic E-state index is 12.7. The van der Waals surface area contributed by atoms with E-state index in [0.29, 0.717) is 5.76 Å². The van der Waals surface area contributed by atoms with Crippen molar-refractivity contribution < 1.29 is 22.3 Å². The second-order valence-corrected chi connectivity index (χ2v) is 3.62. The number of furan rings is 1. The van der Waals surface area contributed by atoms with Crippen LogP contribution >= 0.6 is 0 Å². The van der Waals surface area contributed by atoms with Gasteiger partial charge in [-0.2, -0.15) is 13.2 Å². The van der Waals surface area contributed by atoms with E-state index in [-0.39, 0.29) is 18.0 Å². The molecule has 1 aromatic heterocycles. The molecule has 96 valence electrons. The Morgan fingerprint density at radius 3 is 2.61 bits per heavy atom. The fourth-order valence-corrected chi connectivity index (χ4v) is 1.44. The first-order valence-corrected chi connectivity index (χ1v) is 5.09. The molecule has 0 spiro atoms. The third-order valence-electron chi connectivity index (χ3n) is 2.26. The SMILES string of the molecule is Nc1ccc(OCc2ccco2)c(C(F)(F)F)c1. The number of hydrogen-bond acceptors (Lipinski definition) is 3. The van der Waals surface area contributed by atoms with Gasteiger partial charge in [-0.3, -0.25) is 0 Å². The number of alkyl halides is 3. The Hall–Kier alpha value is -2.11. The summed E-state index contributed by atoms with van der Waals surface area (Å²) in [6, 6.07) is 6.64. The predicted molar refractivity (Wildman–Crippen MR) is 58.9 cm³/mol. The van der Waals surface area contributed by atoms with Crippen LogP contribution in [0.1, 0.15) is 11.3 Å². The molecule has 0 saturated heterocycles. The van der Waals surface area contributed by atoms with E-state index >= 15 is 0 Å². The molecule has 0 aliphatic rings. The van der Waals surface area contributed by atoms with Gasteiger partial charge in [0.2, 0.25) is 0 Å². The van der Waals surface area contributed by atoms with Crippen molar-refractivity contribution in [3.8, 4) is 5.75 Å². The number of halogens is 3. The molecule has 1 heterocycles. The molecule has 6 heteroatoms. The summed E-state index contributed by atoms with van der Waals surface area (Å²) < 4.78 is 48.3. The number of benzene rings is 1. The van der Waals surface area contributed by atoms with Gasteiger partial charge in [-0.1, -0.05) is 0 Å². The highest BCUT2D eigenvalue weighted by Crippen LogP contribution is 2.37. The van der Waals surface area contributed by atoms with Crippen LogP contribution in [0.15, 0.2) is 41.0 Å². The summed E-state index contributed by atoms with van der Waals surface area (Å²) in [4.78, 5) is 0. The Kier molecular flexibility index (Phi) is 3.18. The highest BCUT2D eigenvalue weighted by molar-refractivity contribution is 5.49. The monoisotopic (exact) mass is 257 g/mol. The highest BCUT2D eigenvalue weighted by atomic mass is 19.4.